The third kappa shape index (κ3) is 6.53. The number of aliphatic hydroxyl groups is 1. The molecule has 5 heteroatoms. The van der Waals surface area contributed by atoms with Crippen LogP contribution in [0.25, 0.3) is 0 Å². The van der Waals surface area contributed by atoms with E-state index in [1.54, 1.807) is 0 Å². The van der Waals surface area contributed by atoms with Gasteiger partial charge in [0.1, 0.15) is 5.60 Å². The first kappa shape index (κ1) is 19.2. The Bertz CT molecular complexity index is 348. The molecule has 1 aliphatic rings. The van der Waals surface area contributed by atoms with Crippen molar-refractivity contribution in [1.82, 2.24) is 10.6 Å². The highest BCUT2D eigenvalue weighted by Gasteiger charge is 2.30. The number of nitrogens with one attached hydrogen (secondary N) is 2. The lowest BCUT2D eigenvalue weighted by atomic mass is 9.96. The normalized spacial score (nSPS) is 22.6. The first-order valence-corrected chi connectivity index (χ1v) is 8.61. The summed E-state index contributed by atoms with van der Waals surface area (Å²) in [6.45, 7) is 10.9. The largest absolute Gasteiger partial charge is 0.444 e. The molecular weight excluding hydrogens is 280 g/mol. The SMILES string of the molecule is CCC(O)(CC)CNC1CCCC1CNC(=O)OC(C)(C)C. The Labute approximate surface area is 135 Å². The van der Waals surface area contributed by atoms with E-state index >= 15 is 0 Å². The van der Waals surface area contributed by atoms with Crippen LogP contribution in [0.15, 0.2) is 0 Å². The van der Waals surface area contributed by atoms with Crippen molar-refractivity contribution in [3.05, 3.63) is 0 Å². The number of hydrogen-bond acceptors (Lipinski definition) is 4. The maximum atomic E-state index is 11.7. The fourth-order valence-electron chi connectivity index (χ4n) is 2.90. The van der Waals surface area contributed by atoms with Gasteiger partial charge in [0.15, 0.2) is 0 Å². The summed E-state index contributed by atoms with van der Waals surface area (Å²) in [5.74, 6) is 0.408. The van der Waals surface area contributed by atoms with E-state index in [2.05, 4.69) is 10.6 Å². The van der Waals surface area contributed by atoms with Crippen LogP contribution in [0, 0.1) is 5.92 Å². The van der Waals surface area contributed by atoms with Crippen molar-refractivity contribution in [2.45, 2.75) is 84.0 Å². The molecule has 0 saturated heterocycles. The number of carbonyl (C=O) groups is 1. The number of carbonyl (C=O) groups excluding carboxylic acids is 1. The molecule has 1 rings (SSSR count). The molecule has 0 aliphatic heterocycles. The maximum Gasteiger partial charge on any atom is 0.407 e. The van der Waals surface area contributed by atoms with Gasteiger partial charge in [-0.2, -0.15) is 0 Å². The number of alkyl carbamates (subject to hydrolysis) is 1. The summed E-state index contributed by atoms with van der Waals surface area (Å²) in [5.41, 5.74) is -1.08. The standard InChI is InChI=1S/C17H34N2O3/c1-6-17(21,7-2)12-19-14-10-8-9-13(14)11-18-15(20)22-16(3,4)5/h13-14,19,21H,6-12H2,1-5H3,(H,18,20). The lowest BCUT2D eigenvalue weighted by molar-refractivity contribution is 0.0282. The predicted molar refractivity (Wildman–Crippen MR) is 88.9 cm³/mol. The lowest BCUT2D eigenvalue weighted by Gasteiger charge is -2.30. The Balaban J connectivity index is 2.39. The quantitative estimate of drug-likeness (QED) is 0.676. The van der Waals surface area contributed by atoms with Crippen LogP contribution >= 0.6 is 0 Å². The second-order valence-corrected chi connectivity index (χ2v) is 7.49. The zero-order valence-electron chi connectivity index (χ0n) is 14.9. The molecule has 5 nitrogen and oxygen atoms in total. The van der Waals surface area contributed by atoms with Gasteiger partial charge < -0.3 is 20.5 Å². The van der Waals surface area contributed by atoms with E-state index in [4.69, 9.17) is 4.74 Å². The first-order chi connectivity index (χ1) is 10.2. The molecule has 1 aliphatic carbocycles. The smallest absolute Gasteiger partial charge is 0.407 e. The van der Waals surface area contributed by atoms with Gasteiger partial charge >= 0.3 is 6.09 Å². The highest BCUT2D eigenvalue weighted by Crippen LogP contribution is 2.26. The number of hydrogen-bond donors (Lipinski definition) is 3. The minimum absolute atomic E-state index is 0.350. The average Bonchev–Trinajstić information content (AvgIpc) is 2.88. The zero-order chi connectivity index (χ0) is 16.8. The summed E-state index contributed by atoms with van der Waals surface area (Å²) in [6.07, 6.45) is 4.52. The molecule has 0 heterocycles. The van der Waals surface area contributed by atoms with Gasteiger partial charge in [-0.05, 0) is 52.4 Å². The highest BCUT2D eigenvalue weighted by atomic mass is 16.6. The van der Waals surface area contributed by atoms with Gasteiger partial charge in [-0.3, -0.25) is 0 Å². The van der Waals surface area contributed by atoms with Gasteiger partial charge in [0.25, 0.3) is 0 Å². The van der Waals surface area contributed by atoms with Gasteiger partial charge in [0.05, 0.1) is 5.60 Å². The van der Waals surface area contributed by atoms with E-state index in [9.17, 15) is 9.90 Å². The van der Waals surface area contributed by atoms with Crippen LogP contribution in [0.5, 0.6) is 0 Å². The van der Waals surface area contributed by atoms with E-state index in [-0.39, 0.29) is 6.09 Å². The van der Waals surface area contributed by atoms with Crippen LogP contribution in [0.4, 0.5) is 4.79 Å². The second-order valence-electron chi connectivity index (χ2n) is 7.49. The number of ether oxygens (including phenoxy) is 1. The summed E-state index contributed by atoms with van der Waals surface area (Å²) in [6, 6.07) is 0.361. The van der Waals surface area contributed by atoms with Crippen molar-refractivity contribution >= 4 is 6.09 Å². The Hall–Kier alpha value is -0.810. The molecule has 0 bridgehead atoms. The van der Waals surface area contributed by atoms with E-state index < -0.39 is 11.2 Å². The van der Waals surface area contributed by atoms with Crippen LogP contribution in [-0.2, 0) is 4.74 Å². The van der Waals surface area contributed by atoms with Crippen LogP contribution in [-0.4, -0.2) is 41.5 Å². The van der Waals surface area contributed by atoms with E-state index in [1.807, 2.05) is 34.6 Å². The van der Waals surface area contributed by atoms with Crippen LogP contribution in [0.2, 0.25) is 0 Å². The second kappa shape index (κ2) is 8.16. The molecule has 2 unspecified atom stereocenters. The van der Waals surface area contributed by atoms with Gasteiger partial charge in [0.2, 0.25) is 0 Å². The van der Waals surface area contributed by atoms with Crippen molar-refractivity contribution in [1.29, 1.82) is 0 Å². The Kier molecular flexibility index (Phi) is 7.13. The van der Waals surface area contributed by atoms with E-state index in [0.29, 0.717) is 25.0 Å². The van der Waals surface area contributed by atoms with Crippen LogP contribution in [0.1, 0.15) is 66.7 Å². The third-order valence-corrected chi connectivity index (χ3v) is 4.58. The summed E-state index contributed by atoms with van der Waals surface area (Å²) < 4.78 is 5.27. The van der Waals surface area contributed by atoms with Crippen molar-refractivity contribution in [3.63, 3.8) is 0 Å². The minimum Gasteiger partial charge on any atom is -0.444 e. The van der Waals surface area contributed by atoms with Crippen molar-refractivity contribution < 1.29 is 14.6 Å². The summed E-state index contributed by atoms with van der Waals surface area (Å²) in [5, 5.41) is 16.7. The average molecular weight is 314 g/mol. The Morgan fingerprint density at radius 1 is 1.23 bits per heavy atom. The van der Waals surface area contributed by atoms with Gasteiger partial charge in [0, 0.05) is 19.1 Å². The van der Waals surface area contributed by atoms with Crippen LogP contribution in [0.3, 0.4) is 0 Å². The number of amides is 1. The van der Waals surface area contributed by atoms with Crippen molar-refractivity contribution in [2.75, 3.05) is 13.1 Å². The van der Waals surface area contributed by atoms with Gasteiger partial charge in [-0.1, -0.05) is 20.3 Å². The molecule has 1 amide bonds. The molecule has 2 atom stereocenters. The molecule has 22 heavy (non-hydrogen) atoms. The molecule has 130 valence electrons. The van der Waals surface area contributed by atoms with Crippen LogP contribution < -0.4 is 10.6 Å². The van der Waals surface area contributed by atoms with Gasteiger partial charge in [-0.15, -0.1) is 0 Å². The first-order valence-electron chi connectivity index (χ1n) is 8.61. The fourth-order valence-corrected chi connectivity index (χ4v) is 2.90. The molecule has 0 aromatic carbocycles. The number of rotatable bonds is 7. The van der Waals surface area contributed by atoms with Crippen molar-refractivity contribution in [3.8, 4) is 0 Å². The molecular formula is C17H34N2O3. The molecule has 0 aromatic heterocycles. The van der Waals surface area contributed by atoms with E-state index in [0.717, 1.165) is 32.1 Å². The molecule has 3 N–H and O–H groups in total. The highest BCUT2D eigenvalue weighted by molar-refractivity contribution is 5.67. The molecule has 0 aromatic rings. The summed E-state index contributed by atoms with van der Waals surface area (Å²) in [4.78, 5) is 11.7. The maximum absolute atomic E-state index is 11.7. The minimum atomic E-state index is -0.619. The molecule has 1 saturated carbocycles. The van der Waals surface area contributed by atoms with Crippen molar-refractivity contribution in [2.24, 2.45) is 5.92 Å². The Morgan fingerprint density at radius 3 is 2.41 bits per heavy atom. The summed E-state index contributed by atoms with van der Waals surface area (Å²) >= 11 is 0. The van der Waals surface area contributed by atoms with E-state index in [1.165, 1.54) is 0 Å². The third-order valence-electron chi connectivity index (χ3n) is 4.58. The fraction of sp³-hybridized carbons (Fsp3) is 0.941. The molecule has 0 radical (unpaired) electrons. The lowest BCUT2D eigenvalue weighted by Crippen LogP contribution is -2.47. The van der Waals surface area contributed by atoms with Gasteiger partial charge in [-0.25, -0.2) is 4.79 Å². The predicted octanol–water partition coefficient (Wildman–Crippen LogP) is 2.82. The monoisotopic (exact) mass is 314 g/mol. The summed E-state index contributed by atoms with van der Waals surface area (Å²) in [7, 11) is 0. The zero-order valence-corrected chi connectivity index (χ0v) is 14.9. The molecule has 1 fully saturated rings. The topological polar surface area (TPSA) is 70.6 Å². The molecule has 0 spiro atoms. The Morgan fingerprint density at radius 2 is 1.86 bits per heavy atom.